The molecule has 0 saturated heterocycles. The molecule has 122 valence electrons. The van der Waals surface area contributed by atoms with Crippen LogP contribution in [0.4, 0.5) is 10.5 Å². The molecule has 0 aliphatic heterocycles. The van der Waals surface area contributed by atoms with Gasteiger partial charge in [0.05, 0.1) is 12.8 Å². The number of hydrogen-bond donors (Lipinski definition) is 1. The topological polar surface area (TPSA) is 47.6 Å². The lowest BCUT2D eigenvalue weighted by atomic mass is 10.1. The van der Waals surface area contributed by atoms with E-state index in [0.717, 1.165) is 23.3 Å². The lowest BCUT2D eigenvalue weighted by Gasteiger charge is -2.14. The summed E-state index contributed by atoms with van der Waals surface area (Å²) in [4.78, 5) is 11.4. The molecule has 0 saturated carbocycles. The van der Waals surface area contributed by atoms with E-state index >= 15 is 0 Å². The zero-order valence-corrected chi connectivity index (χ0v) is 14.2. The first kappa shape index (κ1) is 17.2. The van der Waals surface area contributed by atoms with Gasteiger partial charge in [0.1, 0.15) is 12.4 Å². The summed E-state index contributed by atoms with van der Waals surface area (Å²) in [5, 5.41) is 3.18. The fourth-order valence-electron chi connectivity index (χ4n) is 2.20. The minimum Gasteiger partial charge on any atom is -0.489 e. The van der Waals surface area contributed by atoms with Gasteiger partial charge in [-0.05, 0) is 42.7 Å². The van der Waals surface area contributed by atoms with Gasteiger partial charge in [-0.2, -0.15) is 0 Å². The van der Waals surface area contributed by atoms with Crippen molar-refractivity contribution >= 4 is 23.4 Å². The van der Waals surface area contributed by atoms with Crippen molar-refractivity contribution in [3.05, 3.63) is 58.1 Å². The van der Waals surface area contributed by atoms with Crippen molar-refractivity contribution in [2.75, 3.05) is 12.4 Å². The molecule has 0 atom stereocenters. The Morgan fingerprint density at radius 3 is 2.65 bits per heavy atom. The second-order valence-electron chi connectivity index (χ2n) is 5.16. The number of amides is 1. The SMILES string of the molecule is CCc1ccc(OCc2ccc(Cl)cc2NC(=O)OC)c(C)c1. The Balaban J connectivity index is 2.15. The normalized spacial score (nSPS) is 10.3. The summed E-state index contributed by atoms with van der Waals surface area (Å²) < 4.78 is 10.5. The van der Waals surface area contributed by atoms with Crippen molar-refractivity contribution in [2.45, 2.75) is 26.9 Å². The van der Waals surface area contributed by atoms with Crippen LogP contribution in [0.5, 0.6) is 5.75 Å². The van der Waals surface area contributed by atoms with Crippen LogP contribution in [0.3, 0.4) is 0 Å². The van der Waals surface area contributed by atoms with Gasteiger partial charge in [0.25, 0.3) is 0 Å². The molecule has 0 spiro atoms. The first-order valence-corrected chi connectivity index (χ1v) is 7.77. The van der Waals surface area contributed by atoms with Gasteiger partial charge >= 0.3 is 6.09 Å². The number of carbonyl (C=O) groups excluding carboxylic acids is 1. The second-order valence-corrected chi connectivity index (χ2v) is 5.60. The molecule has 0 fully saturated rings. The number of hydrogen-bond acceptors (Lipinski definition) is 3. The lowest BCUT2D eigenvalue weighted by Crippen LogP contribution is -2.13. The zero-order valence-electron chi connectivity index (χ0n) is 13.5. The monoisotopic (exact) mass is 333 g/mol. The Morgan fingerprint density at radius 2 is 2.00 bits per heavy atom. The fraction of sp³-hybridized carbons (Fsp3) is 0.278. The standard InChI is InChI=1S/C18H20ClNO3/c1-4-13-5-8-17(12(2)9-13)23-11-14-6-7-15(19)10-16(14)20-18(21)22-3/h5-10H,4,11H2,1-3H3,(H,20,21). The summed E-state index contributed by atoms with van der Waals surface area (Å²) in [6, 6.07) is 11.4. The summed E-state index contributed by atoms with van der Waals surface area (Å²) in [6.07, 6.45) is 0.447. The number of carbonyl (C=O) groups is 1. The molecule has 1 amide bonds. The summed E-state index contributed by atoms with van der Waals surface area (Å²) >= 11 is 5.99. The van der Waals surface area contributed by atoms with Crippen molar-refractivity contribution in [2.24, 2.45) is 0 Å². The average molecular weight is 334 g/mol. The van der Waals surface area contributed by atoms with Crippen LogP contribution in [0, 0.1) is 6.92 Å². The molecule has 2 rings (SSSR count). The van der Waals surface area contributed by atoms with Crippen LogP contribution in [-0.4, -0.2) is 13.2 Å². The highest BCUT2D eigenvalue weighted by molar-refractivity contribution is 6.31. The number of nitrogens with one attached hydrogen (secondary N) is 1. The molecule has 2 aromatic rings. The van der Waals surface area contributed by atoms with E-state index in [-0.39, 0.29) is 0 Å². The Kier molecular flexibility index (Phi) is 5.88. The molecule has 2 aromatic carbocycles. The van der Waals surface area contributed by atoms with Crippen LogP contribution in [0.2, 0.25) is 5.02 Å². The molecular weight excluding hydrogens is 314 g/mol. The number of aryl methyl sites for hydroxylation is 2. The molecule has 0 radical (unpaired) electrons. The van der Waals surface area contributed by atoms with Gasteiger partial charge in [0.2, 0.25) is 0 Å². The van der Waals surface area contributed by atoms with Crippen molar-refractivity contribution < 1.29 is 14.3 Å². The molecule has 0 aromatic heterocycles. The maximum atomic E-state index is 11.4. The lowest BCUT2D eigenvalue weighted by molar-refractivity contribution is 0.187. The van der Waals surface area contributed by atoms with Crippen LogP contribution < -0.4 is 10.1 Å². The maximum Gasteiger partial charge on any atom is 0.411 e. The number of anilines is 1. The van der Waals surface area contributed by atoms with E-state index in [1.165, 1.54) is 12.7 Å². The Labute approximate surface area is 141 Å². The van der Waals surface area contributed by atoms with Gasteiger partial charge in [-0.3, -0.25) is 5.32 Å². The van der Waals surface area contributed by atoms with Crippen molar-refractivity contribution in [1.29, 1.82) is 0 Å². The molecule has 23 heavy (non-hydrogen) atoms. The predicted octanol–water partition coefficient (Wildman–Crippen LogP) is 4.97. The third kappa shape index (κ3) is 4.63. The van der Waals surface area contributed by atoms with E-state index in [9.17, 15) is 4.79 Å². The predicted molar refractivity (Wildman–Crippen MR) is 92.4 cm³/mol. The summed E-state index contributed by atoms with van der Waals surface area (Å²) in [5.41, 5.74) is 3.75. The molecule has 0 heterocycles. The molecule has 0 unspecified atom stereocenters. The molecular formula is C18H20ClNO3. The smallest absolute Gasteiger partial charge is 0.411 e. The van der Waals surface area contributed by atoms with Crippen LogP contribution >= 0.6 is 11.6 Å². The molecule has 4 nitrogen and oxygen atoms in total. The number of halogens is 1. The maximum absolute atomic E-state index is 11.4. The minimum atomic E-state index is -0.544. The summed E-state index contributed by atoms with van der Waals surface area (Å²) in [6.45, 7) is 4.46. The average Bonchev–Trinajstić information content (AvgIpc) is 2.54. The number of methoxy groups -OCH3 is 1. The molecule has 1 N–H and O–H groups in total. The highest BCUT2D eigenvalue weighted by Crippen LogP contribution is 2.25. The highest BCUT2D eigenvalue weighted by atomic mass is 35.5. The first-order chi connectivity index (χ1) is 11.0. The number of ether oxygens (including phenoxy) is 2. The third-order valence-electron chi connectivity index (χ3n) is 3.52. The number of rotatable bonds is 5. The van der Waals surface area contributed by atoms with E-state index in [4.69, 9.17) is 16.3 Å². The van der Waals surface area contributed by atoms with E-state index in [2.05, 4.69) is 29.1 Å². The third-order valence-corrected chi connectivity index (χ3v) is 3.76. The van der Waals surface area contributed by atoms with Crippen molar-refractivity contribution in [3.63, 3.8) is 0 Å². The van der Waals surface area contributed by atoms with Crippen LogP contribution in [0.15, 0.2) is 36.4 Å². The van der Waals surface area contributed by atoms with Gasteiger partial charge in [0.15, 0.2) is 0 Å². The van der Waals surface area contributed by atoms with Gasteiger partial charge in [0, 0.05) is 10.6 Å². The summed E-state index contributed by atoms with van der Waals surface area (Å²) in [7, 11) is 1.31. The molecule has 0 aliphatic rings. The fourth-order valence-corrected chi connectivity index (χ4v) is 2.37. The first-order valence-electron chi connectivity index (χ1n) is 7.39. The number of benzene rings is 2. The second kappa shape index (κ2) is 7.88. The van der Waals surface area contributed by atoms with Gasteiger partial charge in [-0.15, -0.1) is 0 Å². The molecule has 5 heteroatoms. The van der Waals surface area contributed by atoms with Crippen LogP contribution in [0.1, 0.15) is 23.6 Å². The van der Waals surface area contributed by atoms with Crippen LogP contribution in [0.25, 0.3) is 0 Å². The zero-order chi connectivity index (χ0) is 16.8. The van der Waals surface area contributed by atoms with Gasteiger partial charge in [-0.25, -0.2) is 4.79 Å². The van der Waals surface area contributed by atoms with E-state index < -0.39 is 6.09 Å². The van der Waals surface area contributed by atoms with E-state index in [1.807, 2.05) is 19.1 Å². The van der Waals surface area contributed by atoms with Gasteiger partial charge in [-0.1, -0.05) is 36.7 Å². The molecule has 0 aliphatic carbocycles. The highest BCUT2D eigenvalue weighted by Gasteiger charge is 2.09. The van der Waals surface area contributed by atoms with Crippen molar-refractivity contribution in [1.82, 2.24) is 0 Å². The Morgan fingerprint density at radius 1 is 1.22 bits per heavy atom. The Hall–Kier alpha value is -2.20. The Bertz CT molecular complexity index is 701. The van der Waals surface area contributed by atoms with Gasteiger partial charge < -0.3 is 9.47 Å². The van der Waals surface area contributed by atoms with E-state index in [1.54, 1.807) is 12.1 Å². The van der Waals surface area contributed by atoms with Crippen molar-refractivity contribution in [3.8, 4) is 5.75 Å². The quantitative estimate of drug-likeness (QED) is 0.840. The minimum absolute atomic E-state index is 0.322. The van der Waals surface area contributed by atoms with E-state index in [0.29, 0.717) is 17.3 Å². The van der Waals surface area contributed by atoms with Crippen LogP contribution in [-0.2, 0) is 17.8 Å². The largest absolute Gasteiger partial charge is 0.489 e. The molecule has 0 bridgehead atoms. The summed E-state index contributed by atoms with van der Waals surface area (Å²) in [5.74, 6) is 0.821.